The van der Waals surface area contributed by atoms with Gasteiger partial charge in [0, 0.05) is 44.6 Å². The standard InChI is InChI=1S/C48H50BFN4O7S/c50-37-8-2-33(3-9-37)46-44(40-13-7-36(49(59)60)27-42(40)62-46)45(56)32-4-10-38(11-5-32)61-29-30-16-22-52(23-17-30)20-1-21-53-24-18-31(19-25-53)34-6-12-39-35(26-34)28-54(48(39)58)41-14-15-43(55)51-47(41)57/h2-13,26-27,30-31,41,59-60H,1,14-25,28-29H2,(H,51,55,57). The number of amides is 3. The Kier molecular flexibility index (Phi) is 12.4. The Bertz CT molecular complexity index is 2480. The molecule has 1 unspecified atom stereocenters. The van der Waals surface area contributed by atoms with Crippen molar-refractivity contribution in [3.8, 4) is 16.2 Å². The van der Waals surface area contributed by atoms with E-state index in [2.05, 4.69) is 27.2 Å². The molecule has 0 spiro atoms. The summed E-state index contributed by atoms with van der Waals surface area (Å²) in [6.07, 6.45) is 6.07. The lowest BCUT2D eigenvalue weighted by Crippen LogP contribution is -2.52. The van der Waals surface area contributed by atoms with Crippen molar-refractivity contribution in [2.24, 2.45) is 5.92 Å². The Morgan fingerprint density at radius 1 is 0.839 bits per heavy atom. The summed E-state index contributed by atoms with van der Waals surface area (Å²) >= 11 is 1.36. The number of likely N-dealkylation sites (tertiary alicyclic amines) is 2. The first-order valence-corrected chi connectivity index (χ1v) is 22.6. The quantitative estimate of drug-likeness (QED) is 0.0769. The van der Waals surface area contributed by atoms with Crippen LogP contribution in [0.1, 0.15) is 88.3 Å². The van der Waals surface area contributed by atoms with Crippen molar-refractivity contribution in [3.63, 3.8) is 0 Å². The van der Waals surface area contributed by atoms with Gasteiger partial charge in [0.15, 0.2) is 5.78 Å². The van der Waals surface area contributed by atoms with Crippen LogP contribution in [-0.4, -0.2) is 107 Å². The Hall–Kier alpha value is -5.25. The topological polar surface area (TPSA) is 140 Å². The van der Waals surface area contributed by atoms with Crippen molar-refractivity contribution in [2.45, 2.75) is 63.5 Å². The molecular formula is C48H50BFN4O7S. The maximum absolute atomic E-state index is 14.0. The van der Waals surface area contributed by atoms with Gasteiger partial charge in [-0.15, -0.1) is 11.3 Å². The van der Waals surface area contributed by atoms with Gasteiger partial charge in [0.05, 0.1) is 6.61 Å². The van der Waals surface area contributed by atoms with Gasteiger partial charge in [0.2, 0.25) is 11.8 Å². The molecule has 1 aromatic heterocycles. The Labute approximate surface area is 364 Å². The Balaban J connectivity index is 0.707. The van der Waals surface area contributed by atoms with Crippen LogP contribution < -0.4 is 15.5 Å². The van der Waals surface area contributed by atoms with Gasteiger partial charge in [-0.3, -0.25) is 24.5 Å². The molecule has 4 aliphatic rings. The molecule has 3 saturated heterocycles. The minimum Gasteiger partial charge on any atom is -0.493 e. The average molecular weight is 857 g/mol. The van der Waals surface area contributed by atoms with Crippen LogP contribution in [0.2, 0.25) is 0 Å². The summed E-state index contributed by atoms with van der Waals surface area (Å²) in [5.41, 5.74) is 4.95. The number of carbonyl (C=O) groups is 4. The lowest BCUT2D eigenvalue weighted by Gasteiger charge is -2.34. The monoisotopic (exact) mass is 856 g/mol. The number of nitrogens with one attached hydrogen (secondary N) is 1. The highest BCUT2D eigenvalue weighted by Gasteiger charge is 2.39. The molecule has 4 aliphatic heterocycles. The van der Waals surface area contributed by atoms with Crippen LogP contribution >= 0.6 is 11.3 Å². The number of ether oxygens (including phenoxy) is 1. The van der Waals surface area contributed by atoms with E-state index in [9.17, 15) is 33.6 Å². The van der Waals surface area contributed by atoms with Crippen molar-refractivity contribution in [2.75, 3.05) is 45.9 Å². The van der Waals surface area contributed by atoms with E-state index in [4.69, 9.17) is 4.74 Å². The number of halogens is 1. The minimum atomic E-state index is -1.63. The van der Waals surface area contributed by atoms with Crippen molar-refractivity contribution >= 4 is 57.5 Å². The Morgan fingerprint density at radius 2 is 1.55 bits per heavy atom. The summed E-state index contributed by atoms with van der Waals surface area (Å²) in [5.74, 6) is 0.306. The first-order valence-electron chi connectivity index (χ1n) is 21.8. The SMILES string of the molecule is O=C1CCC(N2Cc3cc(C4CCN(CCCN5CCC(COc6ccc(C(=O)c7c(-c8ccc(F)cc8)sc8cc(B(O)O)ccc78)cc6)CC5)CC4)ccc3C2=O)C(=O)N1. The van der Waals surface area contributed by atoms with E-state index in [-0.39, 0.29) is 35.7 Å². The van der Waals surface area contributed by atoms with E-state index in [1.807, 2.05) is 18.2 Å². The lowest BCUT2D eigenvalue weighted by atomic mass is 9.80. The van der Waals surface area contributed by atoms with Gasteiger partial charge in [0.1, 0.15) is 17.6 Å². The number of ketones is 1. The molecule has 320 valence electrons. The van der Waals surface area contributed by atoms with Gasteiger partial charge in [0.25, 0.3) is 5.91 Å². The summed E-state index contributed by atoms with van der Waals surface area (Å²) in [6.45, 7) is 7.41. The fourth-order valence-corrected chi connectivity index (χ4v) is 10.9. The predicted octanol–water partition coefficient (Wildman–Crippen LogP) is 5.74. The summed E-state index contributed by atoms with van der Waals surface area (Å²) in [6, 6.07) is 23.9. The van der Waals surface area contributed by atoms with Crippen molar-refractivity contribution in [1.29, 1.82) is 0 Å². The number of hydrogen-bond donors (Lipinski definition) is 3. The van der Waals surface area contributed by atoms with Crippen molar-refractivity contribution in [3.05, 3.63) is 119 Å². The van der Waals surface area contributed by atoms with Gasteiger partial charge < -0.3 is 29.5 Å². The second kappa shape index (κ2) is 18.2. The molecule has 9 rings (SSSR count). The van der Waals surface area contributed by atoms with Gasteiger partial charge in [-0.25, -0.2) is 4.39 Å². The smallest absolute Gasteiger partial charge is 0.488 e. The summed E-state index contributed by atoms with van der Waals surface area (Å²) < 4.78 is 20.7. The van der Waals surface area contributed by atoms with E-state index in [1.54, 1.807) is 47.4 Å². The number of fused-ring (bicyclic) bond motifs is 2. The molecule has 14 heteroatoms. The van der Waals surface area contributed by atoms with E-state index >= 15 is 0 Å². The third-order valence-corrected chi connectivity index (χ3v) is 14.4. The molecule has 0 aliphatic carbocycles. The zero-order valence-electron chi connectivity index (χ0n) is 34.6. The molecule has 1 atom stereocenters. The zero-order chi connectivity index (χ0) is 42.9. The maximum Gasteiger partial charge on any atom is 0.488 e. The molecule has 62 heavy (non-hydrogen) atoms. The highest BCUT2D eigenvalue weighted by Crippen LogP contribution is 2.40. The maximum atomic E-state index is 14.0. The van der Waals surface area contributed by atoms with Crippen molar-refractivity contribution < 1.29 is 38.4 Å². The molecule has 5 aromatic rings. The van der Waals surface area contributed by atoms with Gasteiger partial charge in [-0.2, -0.15) is 0 Å². The molecule has 0 bridgehead atoms. The van der Waals surface area contributed by atoms with E-state index in [0.29, 0.717) is 75.1 Å². The van der Waals surface area contributed by atoms with Crippen LogP contribution in [-0.2, 0) is 16.1 Å². The first kappa shape index (κ1) is 42.1. The summed E-state index contributed by atoms with van der Waals surface area (Å²) in [7, 11) is -1.63. The molecule has 3 N–H and O–H groups in total. The highest BCUT2D eigenvalue weighted by molar-refractivity contribution is 7.23. The second-order valence-corrected chi connectivity index (χ2v) is 18.2. The van der Waals surface area contributed by atoms with E-state index in [0.717, 1.165) is 81.6 Å². The molecule has 0 saturated carbocycles. The molecule has 0 radical (unpaired) electrons. The summed E-state index contributed by atoms with van der Waals surface area (Å²) in [5, 5.41) is 22.6. The molecule has 4 aromatic carbocycles. The number of thiophene rings is 1. The second-order valence-electron chi connectivity index (χ2n) is 17.2. The first-order chi connectivity index (χ1) is 30.1. The molecule has 11 nitrogen and oxygen atoms in total. The number of hydrogen-bond acceptors (Lipinski definition) is 10. The highest BCUT2D eigenvalue weighted by atomic mass is 32.1. The molecule has 5 heterocycles. The normalized spacial score (nSPS) is 19.2. The predicted molar refractivity (Wildman–Crippen MR) is 237 cm³/mol. The average Bonchev–Trinajstić information content (AvgIpc) is 3.83. The molecule has 3 fully saturated rings. The van der Waals surface area contributed by atoms with Gasteiger partial charge >= 0.3 is 7.12 Å². The fourth-order valence-electron chi connectivity index (χ4n) is 9.60. The number of imide groups is 1. The van der Waals surface area contributed by atoms with Crippen LogP contribution in [0.3, 0.4) is 0 Å². The zero-order valence-corrected chi connectivity index (χ0v) is 35.4. The van der Waals surface area contributed by atoms with E-state index < -0.39 is 13.2 Å². The van der Waals surface area contributed by atoms with Gasteiger partial charge in [-0.1, -0.05) is 36.4 Å². The van der Waals surface area contributed by atoms with Crippen molar-refractivity contribution in [1.82, 2.24) is 20.0 Å². The van der Waals surface area contributed by atoms with Gasteiger partial charge in [-0.05, 0) is 160 Å². The minimum absolute atomic E-state index is 0.125. The lowest BCUT2D eigenvalue weighted by molar-refractivity contribution is -0.136. The third kappa shape index (κ3) is 8.98. The Morgan fingerprint density at radius 3 is 2.24 bits per heavy atom. The molecular weight excluding hydrogens is 806 g/mol. The number of nitrogens with zero attached hydrogens (tertiary/aromatic N) is 3. The fraction of sp³-hybridized carbons (Fsp3) is 0.375. The number of carbonyl (C=O) groups excluding carboxylic acids is 4. The number of piperidine rings is 3. The van der Waals surface area contributed by atoms with Crippen LogP contribution in [0.25, 0.3) is 20.5 Å². The van der Waals surface area contributed by atoms with Crippen LogP contribution in [0.15, 0.2) is 84.9 Å². The summed E-state index contributed by atoms with van der Waals surface area (Å²) in [4.78, 5) is 58.7. The van der Waals surface area contributed by atoms with Crippen LogP contribution in [0.4, 0.5) is 4.39 Å². The molecule has 3 amide bonds. The third-order valence-electron chi connectivity index (χ3n) is 13.2. The van der Waals surface area contributed by atoms with Crippen LogP contribution in [0.5, 0.6) is 5.75 Å². The van der Waals surface area contributed by atoms with Crippen LogP contribution in [0, 0.1) is 11.7 Å². The van der Waals surface area contributed by atoms with E-state index in [1.165, 1.54) is 29.0 Å². The largest absolute Gasteiger partial charge is 0.493 e. The number of rotatable bonds is 13. The number of benzene rings is 4.